The Kier molecular flexibility index (Phi) is 2.27. The quantitative estimate of drug-likeness (QED) is 0.566. The molecule has 0 saturated carbocycles. The van der Waals surface area contributed by atoms with Crippen LogP contribution < -0.4 is 9.67 Å². The van der Waals surface area contributed by atoms with Crippen molar-refractivity contribution in [3.05, 3.63) is 47.0 Å². The van der Waals surface area contributed by atoms with Crippen molar-refractivity contribution in [2.45, 2.75) is 39.2 Å². The minimum atomic E-state index is -0.186. The van der Waals surface area contributed by atoms with Crippen molar-refractivity contribution < 1.29 is 14.1 Å². The molecule has 3 rings (SSSR count). The molecule has 0 fully saturated rings. The van der Waals surface area contributed by atoms with Gasteiger partial charge in [0.1, 0.15) is 5.95 Å². The lowest BCUT2D eigenvalue weighted by atomic mass is 9.94. The van der Waals surface area contributed by atoms with E-state index in [1.54, 1.807) is 0 Å². The summed E-state index contributed by atoms with van der Waals surface area (Å²) in [6, 6.07) is 8.26. The van der Waals surface area contributed by atoms with Crippen molar-refractivity contribution in [3.8, 4) is 5.95 Å². The van der Waals surface area contributed by atoms with Crippen LogP contribution in [0.1, 0.15) is 43.5 Å². The summed E-state index contributed by atoms with van der Waals surface area (Å²) in [6.45, 7) is 6.95. The number of rotatable bonds is 0. The zero-order valence-corrected chi connectivity index (χ0v) is 11.0. The molecule has 0 unspecified atom stereocenters. The largest absolute Gasteiger partial charge is 0.540 e. The van der Waals surface area contributed by atoms with E-state index in [1.165, 1.54) is 11.1 Å². The van der Waals surface area contributed by atoms with Crippen LogP contribution in [0.4, 0.5) is 0 Å². The lowest BCUT2D eigenvalue weighted by Crippen LogP contribution is -2.47. The van der Waals surface area contributed by atoms with Gasteiger partial charge in [-0.25, -0.2) is 0 Å². The van der Waals surface area contributed by atoms with Crippen LogP contribution in [-0.2, 0) is 18.4 Å². The van der Waals surface area contributed by atoms with Crippen LogP contribution in [0.15, 0.2) is 28.7 Å². The van der Waals surface area contributed by atoms with E-state index >= 15 is 0 Å². The Bertz CT molecular complexity index is 605. The third kappa shape index (κ3) is 1.62. The van der Waals surface area contributed by atoms with E-state index in [9.17, 15) is 5.11 Å². The van der Waals surface area contributed by atoms with Crippen LogP contribution in [0.25, 0.3) is 0 Å². The van der Waals surface area contributed by atoms with Gasteiger partial charge in [0.2, 0.25) is 11.6 Å². The second kappa shape index (κ2) is 3.61. The van der Waals surface area contributed by atoms with Crippen molar-refractivity contribution in [2.24, 2.45) is 0 Å². The highest BCUT2D eigenvalue weighted by atomic mass is 16.5. The first kappa shape index (κ1) is 11.3. The Balaban J connectivity index is 2.15. The SMILES string of the molecule is CC(C)(C)c1oc([O-])c2[n+]1Cc1ccccc1C2. The molecule has 18 heavy (non-hydrogen) atoms. The van der Waals surface area contributed by atoms with Gasteiger partial charge in [-0.1, -0.05) is 24.3 Å². The monoisotopic (exact) mass is 243 g/mol. The van der Waals surface area contributed by atoms with Gasteiger partial charge < -0.3 is 9.52 Å². The molecule has 3 heteroatoms. The number of benzene rings is 1. The molecule has 2 heterocycles. The maximum Gasteiger partial charge on any atom is 0.242 e. The van der Waals surface area contributed by atoms with Gasteiger partial charge in [0.05, 0.1) is 11.8 Å². The van der Waals surface area contributed by atoms with Gasteiger partial charge in [-0.3, -0.25) is 0 Å². The highest BCUT2D eigenvalue weighted by Crippen LogP contribution is 2.29. The Hall–Kier alpha value is -1.77. The molecule has 1 aliphatic rings. The van der Waals surface area contributed by atoms with Gasteiger partial charge in [-0.2, -0.15) is 4.57 Å². The van der Waals surface area contributed by atoms with E-state index in [4.69, 9.17) is 4.42 Å². The summed E-state index contributed by atoms with van der Waals surface area (Å²) in [4.78, 5) is 0. The van der Waals surface area contributed by atoms with Gasteiger partial charge in [-0.05, 0) is 26.3 Å². The lowest BCUT2D eigenvalue weighted by Gasteiger charge is -2.18. The standard InChI is InChI=1S/C15H17NO2/c1-15(2,3)14-16-9-11-7-5-4-6-10(11)8-12(16)13(17)18-14/h4-7H,8-9H2,1-3H3. The van der Waals surface area contributed by atoms with Crippen LogP contribution in [0, 0.1) is 0 Å². The summed E-state index contributed by atoms with van der Waals surface area (Å²) in [5.41, 5.74) is 3.14. The predicted molar refractivity (Wildman–Crippen MR) is 65.4 cm³/mol. The minimum absolute atomic E-state index is 0.149. The molecular weight excluding hydrogens is 226 g/mol. The maximum absolute atomic E-state index is 12.0. The van der Waals surface area contributed by atoms with Crippen LogP contribution in [0.2, 0.25) is 0 Å². The molecule has 0 spiro atoms. The summed E-state index contributed by atoms with van der Waals surface area (Å²) in [6.07, 6.45) is 0.675. The summed E-state index contributed by atoms with van der Waals surface area (Å²) < 4.78 is 7.52. The zero-order valence-electron chi connectivity index (χ0n) is 11.0. The van der Waals surface area contributed by atoms with Gasteiger partial charge in [0.15, 0.2) is 6.54 Å². The van der Waals surface area contributed by atoms with Crippen molar-refractivity contribution in [3.63, 3.8) is 0 Å². The molecule has 0 bridgehead atoms. The van der Waals surface area contributed by atoms with Crippen molar-refractivity contribution in [1.29, 1.82) is 0 Å². The lowest BCUT2D eigenvalue weighted by molar-refractivity contribution is -0.711. The van der Waals surface area contributed by atoms with Crippen molar-refractivity contribution in [2.75, 3.05) is 0 Å². The van der Waals surface area contributed by atoms with Crippen LogP contribution in [0.3, 0.4) is 0 Å². The molecule has 0 saturated heterocycles. The molecule has 94 valence electrons. The van der Waals surface area contributed by atoms with Gasteiger partial charge in [0.25, 0.3) is 0 Å². The van der Waals surface area contributed by atoms with Crippen LogP contribution >= 0.6 is 0 Å². The number of nitrogens with zero attached hydrogens (tertiary/aromatic N) is 1. The summed E-state index contributed by atoms with van der Waals surface area (Å²) in [7, 11) is 0. The summed E-state index contributed by atoms with van der Waals surface area (Å²) >= 11 is 0. The molecule has 3 nitrogen and oxygen atoms in total. The molecule has 0 atom stereocenters. The fourth-order valence-corrected chi connectivity index (χ4v) is 2.56. The topological polar surface area (TPSA) is 40.1 Å². The normalized spacial score (nSPS) is 14.2. The third-order valence-corrected chi connectivity index (χ3v) is 3.44. The number of oxazole rings is 1. The minimum Gasteiger partial charge on any atom is -0.540 e. The molecule has 0 aliphatic carbocycles. The number of hydrogen-bond acceptors (Lipinski definition) is 2. The maximum atomic E-state index is 12.0. The fourth-order valence-electron chi connectivity index (χ4n) is 2.56. The molecular formula is C15H17NO2. The first-order valence-electron chi connectivity index (χ1n) is 6.26. The van der Waals surface area contributed by atoms with Crippen molar-refractivity contribution in [1.82, 2.24) is 0 Å². The van der Waals surface area contributed by atoms with Gasteiger partial charge in [0, 0.05) is 5.56 Å². The van der Waals surface area contributed by atoms with E-state index in [2.05, 4.69) is 32.9 Å². The average Bonchev–Trinajstić information content (AvgIpc) is 2.64. The Morgan fingerprint density at radius 1 is 1.17 bits per heavy atom. The van der Waals surface area contributed by atoms with E-state index in [0.29, 0.717) is 6.42 Å². The van der Waals surface area contributed by atoms with Crippen molar-refractivity contribution >= 4 is 0 Å². The first-order valence-corrected chi connectivity index (χ1v) is 6.26. The molecule has 1 aliphatic heterocycles. The third-order valence-electron chi connectivity index (χ3n) is 3.44. The smallest absolute Gasteiger partial charge is 0.242 e. The molecule has 2 aromatic rings. The highest BCUT2D eigenvalue weighted by Gasteiger charge is 2.33. The molecule has 0 radical (unpaired) electrons. The average molecular weight is 243 g/mol. The molecule has 1 aromatic carbocycles. The van der Waals surface area contributed by atoms with E-state index in [-0.39, 0.29) is 11.4 Å². The number of hydrogen-bond donors (Lipinski definition) is 0. The molecule has 1 aromatic heterocycles. The Morgan fingerprint density at radius 3 is 2.50 bits per heavy atom. The van der Waals surface area contributed by atoms with Gasteiger partial charge >= 0.3 is 0 Å². The van der Waals surface area contributed by atoms with E-state index < -0.39 is 0 Å². The van der Waals surface area contributed by atoms with E-state index in [0.717, 1.165) is 18.1 Å². The Morgan fingerprint density at radius 2 is 1.83 bits per heavy atom. The van der Waals surface area contributed by atoms with Crippen LogP contribution in [0.5, 0.6) is 5.95 Å². The highest BCUT2D eigenvalue weighted by molar-refractivity contribution is 5.33. The zero-order chi connectivity index (χ0) is 12.9. The molecule has 0 N–H and O–H groups in total. The van der Waals surface area contributed by atoms with Crippen LogP contribution in [-0.4, -0.2) is 0 Å². The Labute approximate surface area is 107 Å². The number of fused-ring (bicyclic) bond motifs is 2. The molecule has 0 amide bonds. The first-order chi connectivity index (χ1) is 8.47. The summed E-state index contributed by atoms with van der Waals surface area (Å²) in [5.74, 6) is 0.589. The predicted octanol–water partition coefficient (Wildman–Crippen LogP) is 1.89. The van der Waals surface area contributed by atoms with E-state index in [1.807, 2.05) is 16.7 Å². The second-order valence-electron chi connectivity index (χ2n) is 5.92. The summed E-state index contributed by atoms with van der Waals surface area (Å²) in [5, 5.41) is 12.0. The number of aromatic nitrogens is 1. The second-order valence-corrected chi connectivity index (χ2v) is 5.92. The van der Waals surface area contributed by atoms with Gasteiger partial charge in [-0.15, -0.1) is 0 Å². The fraction of sp³-hybridized carbons (Fsp3) is 0.400.